The van der Waals surface area contributed by atoms with E-state index in [1.165, 1.54) is 24.3 Å². The topological polar surface area (TPSA) is 158 Å². The molecule has 0 saturated heterocycles. The van der Waals surface area contributed by atoms with Crippen molar-refractivity contribution in [3.05, 3.63) is 75.8 Å². The summed E-state index contributed by atoms with van der Waals surface area (Å²) in [6, 6.07) is 6.95. The lowest BCUT2D eigenvalue weighted by molar-refractivity contribution is -0.144. The van der Waals surface area contributed by atoms with Crippen LogP contribution < -0.4 is 5.73 Å². The van der Waals surface area contributed by atoms with E-state index in [1.807, 2.05) is 0 Å². The molecule has 0 radical (unpaired) electrons. The van der Waals surface area contributed by atoms with Crippen molar-refractivity contribution in [1.82, 2.24) is 0 Å². The number of primary amides is 1. The van der Waals surface area contributed by atoms with E-state index < -0.39 is 69.5 Å². The fourth-order valence-corrected chi connectivity index (χ4v) is 5.73. The molecule has 8 nitrogen and oxygen atoms in total. The largest absolute Gasteiger partial charge is 0.511 e. The van der Waals surface area contributed by atoms with E-state index in [4.69, 9.17) is 5.73 Å². The number of Topliss-reactive ketones (excluding diaryl/α,β-unsaturated/α-hetero) is 2. The number of hydrogen-bond acceptors (Lipinski definition) is 7. The van der Waals surface area contributed by atoms with Crippen LogP contribution in [0.1, 0.15) is 34.3 Å². The molecule has 0 spiro atoms. The number of benzene rings is 2. The normalized spacial score (nSPS) is 25.5. The second-order valence-corrected chi connectivity index (χ2v) is 9.47. The molecule has 37 heavy (non-hydrogen) atoms. The summed E-state index contributed by atoms with van der Waals surface area (Å²) in [4.78, 5) is 38.2. The molecule has 2 aromatic carbocycles. The molecule has 6 N–H and O–H groups in total. The molecule has 0 fully saturated rings. The van der Waals surface area contributed by atoms with Crippen LogP contribution >= 0.6 is 0 Å². The van der Waals surface area contributed by atoms with Crippen molar-refractivity contribution < 1.29 is 48.0 Å². The molecule has 1 amide bonds. The third kappa shape index (κ3) is 3.45. The molecule has 0 saturated carbocycles. The molecule has 2 aromatic rings. The average molecular weight is 515 g/mol. The smallest absolute Gasteiger partial charge is 0.416 e. The Bertz CT molecular complexity index is 1460. The fourth-order valence-electron chi connectivity index (χ4n) is 5.73. The van der Waals surface area contributed by atoms with Gasteiger partial charge < -0.3 is 26.2 Å². The summed E-state index contributed by atoms with van der Waals surface area (Å²) in [7, 11) is 0. The highest BCUT2D eigenvalue weighted by atomic mass is 19.4. The lowest BCUT2D eigenvalue weighted by Crippen LogP contribution is -2.57. The zero-order valence-corrected chi connectivity index (χ0v) is 19.0. The molecule has 3 aliphatic rings. The van der Waals surface area contributed by atoms with E-state index >= 15 is 0 Å². The molecule has 0 bridgehead atoms. The minimum absolute atomic E-state index is 0.0408. The van der Waals surface area contributed by atoms with Crippen LogP contribution in [0.3, 0.4) is 0 Å². The Hall–Kier alpha value is -4.12. The number of halogens is 3. The maximum Gasteiger partial charge on any atom is 0.416 e. The van der Waals surface area contributed by atoms with Crippen molar-refractivity contribution >= 4 is 17.5 Å². The van der Waals surface area contributed by atoms with E-state index in [-0.39, 0.29) is 30.4 Å². The zero-order chi connectivity index (χ0) is 27.0. The molecule has 11 heteroatoms. The molecule has 0 aliphatic heterocycles. The van der Waals surface area contributed by atoms with Gasteiger partial charge in [-0.15, -0.1) is 0 Å². The summed E-state index contributed by atoms with van der Waals surface area (Å²) < 4.78 is 39.0. The van der Waals surface area contributed by atoms with Crippen molar-refractivity contribution in [2.24, 2.45) is 17.6 Å². The van der Waals surface area contributed by atoms with E-state index in [9.17, 15) is 48.0 Å². The van der Waals surface area contributed by atoms with Crippen LogP contribution in [0.5, 0.6) is 5.75 Å². The van der Waals surface area contributed by atoms with Gasteiger partial charge in [0.2, 0.25) is 5.78 Å². The first-order chi connectivity index (χ1) is 17.3. The molecule has 192 valence electrons. The predicted molar refractivity (Wildman–Crippen MR) is 121 cm³/mol. The van der Waals surface area contributed by atoms with E-state index in [1.54, 1.807) is 0 Å². The quantitative estimate of drug-likeness (QED) is 0.384. The number of nitrogens with two attached hydrogens (primary N) is 1. The molecule has 3 atom stereocenters. The van der Waals surface area contributed by atoms with E-state index in [0.29, 0.717) is 16.7 Å². The number of aromatic hydroxyl groups is 1. The molecule has 5 rings (SSSR count). The van der Waals surface area contributed by atoms with Gasteiger partial charge in [0.25, 0.3) is 5.91 Å². The third-order valence-corrected chi connectivity index (χ3v) is 7.47. The summed E-state index contributed by atoms with van der Waals surface area (Å²) in [5.41, 5.74) is 1.35. The molecular weight excluding hydrogens is 495 g/mol. The van der Waals surface area contributed by atoms with Crippen LogP contribution in [0.2, 0.25) is 0 Å². The van der Waals surface area contributed by atoms with E-state index in [2.05, 4.69) is 0 Å². The number of fused-ring (bicyclic) bond motifs is 3. The standard InChI is InChI=1S/C26H20F3NO7/c27-26(28,29)12-3-1-10(2-4-12)14-5-6-16(31)19-15(14)8-11-7-13-9-17(32)20(24(30)36)23(35)25(13,37)22(34)18(11)21(19)33/h1-6,11,13,31-32,34,37H,7-9H2,(H2,30,36)/t11-,13+,25+/m1/s1. The summed E-state index contributed by atoms with van der Waals surface area (Å²) in [6.07, 6.45) is -4.91. The van der Waals surface area contributed by atoms with Crippen molar-refractivity contribution in [1.29, 1.82) is 0 Å². The maximum absolute atomic E-state index is 13.6. The maximum atomic E-state index is 13.6. The molecule has 0 aromatic heterocycles. The van der Waals surface area contributed by atoms with Gasteiger partial charge in [-0.2, -0.15) is 13.2 Å². The Morgan fingerprint density at radius 3 is 2.24 bits per heavy atom. The Kier molecular flexibility index (Phi) is 5.27. The lowest BCUT2D eigenvalue weighted by Gasteiger charge is -2.45. The Balaban J connectivity index is 1.64. The van der Waals surface area contributed by atoms with Crippen LogP contribution in [0, 0.1) is 11.8 Å². The van der Waals surface area contributed by atoms with Gasteiger partial charge in [0.05, 0.1) is 11.1 Å². The van der Waals surface area contributed by atoms with Gasteiger partial charge in [-0.1, -0.05) is 18.2 Å². The second-order valence-electron chi connectivity index (χ2n) is 9.47. The number of ketones is 2. The molecule has 0 unspecified atom stereocenters. The highest BCUT2D eigenvalue weighted by Gasteiger charge is 2.59. The van der Waals surface area contributed by atoms with Crippen molar-refractivity contribution in [3.63, 3.8) is 0 Å². The number of aliphatic hydroxyl groups is 3. The summed E-state index contributed by atoms with van der Waals surface area (Å²) in [5, 5.41) is 43.0. The summed E-state index contributed by atoms with van der Waals surface area (Å²) in [6.45, 7) is 0. The average Bonchev–Trinajstić information content (AvgIpc) is 2.81. The minimum atomic E-state index is -4.54. The third-order valence-electron chi connectivity index (χ3n) is 7.47. The van der Waals surface area contributed by atoms with Crippen LogP contribution in [-0.2, 0) is 22.2 Å². The number of carbonyl (C=O) groups is 3. The Labute approximate surface area is 207 Å². The molecule has 3 aliphatic carbocycles. The van der Waals surface area contributed by atoms with Crippen LogP contribution in [0.15, 0.2) is 59.1 Å². The van der Waals surface area contributed by atoms with Crippen LogP contribution in [0.25, 0.3) is 11.1 Å². The van der Waals surface area contributed by atoms with Gasteiger partial charge in [0.1, 0.15) is 22.8 Å². The number of carbonyl (C=O) groups excluding carboxylic acids is 3. The van der Waals surface area contributed by atoms with Gasteiger partial charge in [0.15, 0.2) is 11.4 Å². The minimum Gasteiger partial charge on any atom is -0.511 e. The first-order valence-corrected chi connectivity index (χ1v) is 11.3. The first kappa shape index (κ1) is 24.6. The second kappa shape index (κ2) is 7.94. The Morgan fingerprint density at radius 1 is 1.00 bits per heavy atom. The monoisotopic (exact) mass is 515 g/mol. The summed E-state index contributed by atoms with van der Waals surface area (Å²) in [5.74, 6) is -7.38. The number of amides is 1. The van der Waals surface area contributed by atoms with Crippen LogP contribution in [0.4, 0.5) is 13.2 Å². The van der Waals surface area contributed by atoms with Gasteiger partial charge in [0, 0.05) is 17.9 Å². The van der Waals surface area contributed by atoms with Gasteiger partial charge >= 0.3 is 6.18 Å². The van der Waals surface area contributed by atoms with Gasteiger partial charge in [-0.3, -0.25) is 14.4 Å². The number of alkyl halides is 3. The molecular formula is C26H20F3NO7. The number of phenolic OH excluding ortho intramolecular Hbond substituents is 1. The van der Waals surface area contributed by atoms with Crippen molar-refractivity contribution in [2.45, 2.75) is 31.0 Å². The van der Waals surface area contributed by atoms with Gasteiger partial charge in [-0.25, -0.2) is 0 Å². The van der Waals surface area contributed by atoms with Crippen LogP contribution in [-0.4, -0.2) is 43.5 Å². The lowest BCUT2D eigenvalue weighted by atomic mass is 9.60. The first-order valence-electron chi connectivity index (χ1n) is 11.3. The summed E-state index contributed by atoms with van der Waals surface area (Å²) >= 11 is 0. The van der Waals surface area contributed by atoms with Crippen molar-refractivity contribution in [3.8, 4) is 16.9 Å². The number of rotatable bonds is 2. The highest BCUT2D eigenvalue weighted by Crippen LogP contribution is 2.52. The number of allylic oxidation sites excluding steroid dienone is 2. The van der Waals surface area contributed by atoms with Crippen molar-refractivity contribution in [2.75, 3.05) is 0 Å². The predicted octanol–water partition coefficient (Wildman–Crippen LogP) is 3.27. The fraction of sp³-hybridized carbons (Fsp3) is 0.269. The number of hydrogen-bond donors (Lipinski definition) is 5. The SMILES string of the molecule is NC(=O)C1=C(O)C[C@@H]2C[C@@H]3Cc4c(-c5ccc(C(F)(F)F)cc5)ccc(O)c4C(=O)C3=C(O)[C@]2(O)C1=O. The Morgan fingerprint density at radius 2 is 1.65 bits per heavy atom. The highest BCUT2D eigenvalue weighted by molar-refractivity contribution is 6.24. The number of phenols is 1. The van der Waals surface area contributed by atoms with Gasteiger partial charge in [-0.05, 0) is 53.6 Å². The van der Waals surface area contributed by atoms with E-state index in [0.717, 1.165) is 12.1 Å². The number of aliphatic hydroxyl groups excluding tert-OH is 2. The molecule has 0 heterocycles. The zero-order valence-electron chi connectivity index (χ0n) is 19.0.